The average molecular weight is 279 g/mol. The van der Waals surface area contributed by atoms with Crippen LogP contribution in [-0.2, 0) is 0 Å². The minimum absolute atomic E-state index is 0.815. The molecule has 2 aromatic rings. The first-order valence-electron chi connectivity index (χ1n) is 5.62. The second kappa shape index (κ2) is 3.61. The molecule has 0 nitrogen and oxygen atoms in total. The standard InChI is InChI=1S/C14H12Cl2Si/c1-17(2)11-7-3-5-9(15)13(11)14-10(16)6-4-8-12(14)17/h3-8H,1-2H3. The van der Waals surface area contributed by atoms with Crippen molar-refractivity contribution in [3.05, 3.63) is 46.4 Å². The summed E-state index contributed by atoms with van der Waals surface area (Å²) in [6.07, 6.45) is 0. The maximum absolute atomic E-state index is 6.36. The monoisotopic (exact) mass is 278 g/mol. The van der Waals surface area contributed by atoms with E-state index in [0.717, 1.165) is 21.2 Å². The average Bonchev–Trinajstić information content (AvgIpc) is 2.52. The zero-order chi connectivity index (χ0) is 12.2. The van der Waals surface area contributed by atoms with Crippen LogP contribution in [0.25, 0.3) is 11.1 Å². The van der Waals surface area contributed by atoms with E-state index in [1.807, 2.05) is 24.3 Å². The number of hydrogen-bond donors (Lipinski definition) is 0. The number of rotatable bonds is 0. The van der Waals surface area contributed by atoms with Crippen LogP contribution in [0.15, 0.2) is 36.4 Å². The van der Waals surface area contributed by atoms with Gasteiger partial charge in [0.05, 0.1) is 0 Å². The van der Waals surface area contributed by atoms with E-state index in [0.29, 0.717) is 0 Å². The molecular weight excluding hydrogens is 267 g/mol. The molecular formula is C14H12Cl2Si. The van der Waals surface area contributed by atoms with Gasteiger partial charge in [0.1, 0.15) is 8.07 Å². The van der Waals surface area contributed by atoms with Gasteiger partial charge >= 0.3 is 0 Å². The highest BCUT2D eigenvalue weighted by Gasteiger charge is 2.39. The smallest absolute Gasteiger partial charge is 0.0837 e. The van der Waals surface area contributed by atoms with Crippen molar-refractivity contribution in [1.82, 2.24) is 0 Å². The summed E-state index contributed by atoms with van der Waals surface area (Å²) in [6, 6.07) is 12.4. The molecule has 0 atom stereocenters. The first-order chi connectivity index (χ1) is 8.03. The van der Waals surface area contributed by atoms with E-state index in [9.17, 15) is 0 Å². The summed E-state index contributed by atoms with van der Waals surface area (Å²) < 4.78 is 0. The molecule has 0 saturated heterocycles. The zero-order valence-corrected chi connectivity index (χ0v) is 12.2. The van der Waals surface area contributed by atoms with E-state index in [2.05, 4.69) is 25.2 Å². The number of halogens is 2. The lowest BCUT2D eigenvalue weighted by Gasteiger charge is -2.18. The fourth-order valence-corrected chi connectivity index (χ4v) is 6.53. The molecule has 17 heavy (non-hydrogen) atoms. The number of fused-ring (bicyclic) bond motifs is 3. The summed E-state index contributed by atoms with van der Waals surface area (Å²) in [4.78, 5) is 0. The Morgan fingerprint density at radius 1 is 0.765 bits per heavy atom. The Bertz CT molecular complexity index is 564. The lowest BCUT2D eigenvalue weighted by Crippen LogP contribution is -2.49. The molecule has 2 aromatic carbocycles. The summed E-state index contributed by atoms with van der Waals surface area (Å²) in [5.41, 5.74) is 2.32. The van der Waals surface area contributed by atoms with E-state index in [1.54, 1.807) is 0 Å². The predicted molar refractivity (Wildman–Crippen MR) is 78.6 cm³/mol. The molecule has 0 N–H and O–H groups in total. The van der Waals surface area contributed by atoms with Crippen molar-refractivity contribution in [2.75, 3.05) is 0 Å². The molecule has 0 spiro atoms. The Hall–Kier alpha value is -0.763. The molecule has 0 aliphatic carbocycles. The highest BCUT2D eigenvalue weighted by atomic mass is 35.5. The summed E-state index contributed by atoms with van der Waals surface area (Å²) in [6.45, 7) is 4.70. The summed E-state index contributed by atoms with van der Waals surface area (Å²) >= 11 is 12.7. The lowest BCUT2D eigenvalue weighted by atomic mass is 10.1. The molecule has 0 unspecified atom stereocenters. The maximum Gasteiger partial charge on any atom is 0.113 e. The van der Waals surface area contributed by atoms with Crippen LogP contribution in [0, 0.1) is 0 Å². The fraction of sp³-hybridized carbons (Fsp3) is 0.143. The van der Waals surface area contributed by atoms with Crippen LogP contribution in [0.5, 0.6) is 0 Å². The zero-order valence-electron chi connectivity index (χ0n) is 9.72. The SMILES string of the molecule is C[Si]1(C)c2cccc(Cl)c2-c2c(Cl)cccc21. The van der Waals surface area contributed by atoms with Gasteiger partial charge in [-0.05, 0) is 22.5 Å². The molecule has 0 radical (unpaired) electrons. The van der Waals surface area contributed by atoms with Crippen LogP contribution < -0.4 is 10.4 Å². The Morgan fingerprint density at radius 3 is 1.59 bits per heavy atom. The summed E-state index contributed by atoms with van der Waals surface area (Å²) in [5, 5.41) is 4.42. The third-order valence-corrected chi connectivity index (χ3v) is 7.78. The number of hydrogen-bond acceptors (Lipinski definition) is 0. The molecule has 0 fully saturated rings. The van der Waals surface area contributed by atoms with Gasteiger partial charge in [0, 0.05) is 21.2 Å². The van der Waals surface area contributed by atoms with Gasteiger partial charge in [-0.3, -0.25) is 0 Å². The van der Waals surface area contributed by atoms with Crippen LogP contribution in [0.4, 0.5) is 0 Å². The van der Waals surface area contributed by atoms with Crippen molar-refractivity contribution < 1.29 is 0 Å². The molecule has 0 saturated carbocycles. The van der Waals surface area contributed by atoms with E-state index in [1.165, 1.54) is 10.4 Å². The molecule has 3 heteroatoms. The van der Waals surface area contributed by atoms with Crippen molar-refractivity contribution in [1.29, 1.82) is 0 Å². The maximum atomic E-state index is 6.36. The first kappa shape index (κ1) is 11.3. The third kappa shape index (κ3) is 1.43. The first-order valence-corrected chi connectivity index (χ1v) is 9.37. The largest absolute Gasteiger partial charge is 0.113 e. The van der Waals surface area contributed by atoms with Gasteiger partial charge in [-0.1, -0.05) is 60.6 Å². The minimum Gasteiger partial charge on any atom is -0.0837 e. The van der Waals surface area contributed by atoms with Crippen LogP contribution in [0.2, 0.25) is 23.1 Å². The summed E-state index contributed by atoms with van der Waals surface area (Å²) in [5.74, 6) is 0. The minimum atomic E-state index is -1.61. The van der Waals surface area contributed by atoms with Crippen LogP contribution in [0.1, 0.15) is 0 Å². The van der Waals surface area contributed by atoms with Crippen molar-refractivity contribution in [2.24, 2.45) is 0 Å². The second-order valence-corrected chi connectivity index (χ2v) is 10.1. The Kier molecular flexibility index (Phi) is 2.41. The van der Waals surface area contributed by atoms with E-state index < -0.39 is 8.07 Å². The van der Waals surface area contributed by atoms with E-state index in [-0.39, 0.29) is 0 Å². The molecule has 0 bridgehead atoms. The molecule has 3 rings (SSSR count). The van der Waals surface area contributed by atoms with Gasteiger partial charge in [-0.25, -0.2) is 0 Å². The molecule has 0 amide bonds. The van der Waals surface area contributed by atoms with Crippen LogP contribution >= 0.6 is 23.2 Å². The fourth-order valence-electron chi connectivity index (χ4n) is 2.74. The normalized spacial score (nSPS) is 15.5. The van der Waals surface area contributed by atoms with Gasteiger partial charge in [0.25, 0.3) is 0 Å². The molecule has 1 aliphatic rings. The van der Waals surface area contributed by atoms with Gasteiger partial charge in [0.2, 0.25) is 0 Å². The van der Waals surface area contributed by atoms with Gasteiger partial charge in [-0.2, -0.15) is 0 Å². The van der Waals surface area contributed by atoms with Crippen molar-refractivity contribution in [3.63, 3.8) is 0 Å². The highest BCUT2D eigenvalue weighted by molar-refractivity contribution is 7.04. The Balaban J connectivity index is 2.49. The van der Waals surface area contributed by atoms with Crippen LogP contribution in [-0.4, -0.2) is 8.07 Å². The molecule has 1 aliphatic heterocycles. The summed E-state index contributed by atoms with van der Waals surface area (Å²) in [7, 11) is -1.61. The number of benzene rings is 2. The van der Waals surface area contributed by atoms with Gasteiger partial charge in [-0.15, -0.1) is 0 Å². The van der Waals surface area contributed by atoms with Crippen molar-refractivity contribution in [2.45, 2.75) is 13.1 Å². The Morgan fingerprint density at radius 2 is 1.18 bits per heavy atom. The highest BCUT2D eigenvalue weighted by Crippen LogP contribution is 2.37. The molecule has 0 aromatic heterocycles. The quantitative estimate of drug-likeness (QED) is 0.643. The van der Waals surface area contributed by atoms with E-state index in [4.69, 9.17) is 23.2 Å². The lowest BCUT2D eigenvalue weighted by molar-refractivity contribution is 1.70. The van der Waals surface area contributed by atoms with Crippen molar-refractivity contribution in [3.8, 4) is 11.1 Å². The topological polar surface area (TPSA) is 0 Å². The van der Waals surface area contributed by atoms with Gasteiger partial charge in [0.15, 0.2) is 0 Å². The second-order valence-electron chi connectivity index (χ2n) is 4.95. The molecule has 86 valence electrons. The molecule has 1 heterocycles. The van der Waals surface area contributed by atoms with Gasteiger partial charge < -0.3 is 0 Å². The van der Waals surface area contributed by atoms with Crippen molar-refractivity contribution >= 4 is 41.6 Å². The Labute approximate surface area is 112 Å². The van der Waals surface area contributed by atoms with Crippen LogP contribution in [0.3, 0.4) is 0 Å². The van der Waals surface area contributed by atoms with E-state index >= 15 is 0 Å². The third-order valence-electron chi connectivity index (χ3n) is 3.62. The predicted octanol–water partition coefficient (Wildman–Crippen LogP) is 3.80.